The average Bonchev–Trinajstić information content (AvgIpc) is 2.45. The third kappa shape index (κ3) is 0.932. The lowest BCUT2D eigenvalue weighted by molar-refractivity contribution is -0.249. The van der Waals surface area contributed by atoms with Gasteiger partial charge in [0.1, 0.15) is 0 Å². The summed E-state index contributed by atoms with van der Waals surface area (Å²) in [4.78, 5) is 0. The monoisotopic (exact) mass is 224 g/mol. The van der Waals surface area contributed by atoms with E-state index in [1.54, 1.807) is 0 Å². The van der Waals surface area contributed by atoms with Crippen LogP contribution in [-0.2, 0) is 0 Å². The van der Waals surface area contributed by atoms with Crippen LogP contribution < -0.4 is 0 Å². The Bertz CT molecular complexity index is 325. The highest BCUT2D eigenvalue weighted by Crippen LogP contribution is 2.77. The maximum atomic E-state index is 10.5. The van der Waals surface area contributed by atoms with Gasteiger partial charge in [-0.1, -0.05) is 20.8 Å². The molecule has 0 aromatic carbocycles. The van der Waals surface area contributed by atoms with Gasteiger partial charge in [-0.25, -0.2) is 0 Å². The Balaban J connectivity index is 2.04. The fourth-order valence-electron chi connectivity index (χ4n) is 5.59. The first kappa shape index (κ1) is 11.0. The lowest BCUT2D eigenvalue weighted by atomic mass is 9.38. The van der Waals surface area contributed by atoms with E-state index in [2.05, 4.69) is 20.8 Å². The molecule has 0 amide bonds. The van der Waals surface area contributed by atoms with Crippen molar-refractivity contribution in [1.29, 1.82) is 0 Å². The molecule has 0 aliphatic heterocycles. The maximum Gasteiger partial charge on any atom is 0.0606 e. The summed E-state index contributed by atoms with van der Waals surface area (Å²) in [5.41, 5.74) is 0.384. The maximum absolute atomic E-state index is 10.5. The first-order valence-corrected chi connectivity index (χ1v) is 6.71. The second-order valence-corrected chi connectivity index (χ2v) is 7.32. The molecule has 2 N–H and O–H groups in total. The molecular formula is C14H24O2. The molecule has 0 unspecified atom stereocenters. The van der Waals surface area contributed by atoms with Crippen LogP contribution in [0, 0.1) is 22.2 Å². The average molecular weight is 224 g/mol. The number of rotatable bonds is 0. The molecule has 3 aliphatic carbocycles. The van der Waals surface area contributed by atoms with E-state index >= 15 is 0 Å². The highest BCUT2D eigenvalue weighted by atomic mass is 16.3. The topological polar surface area (TPSA) is 40.5 Å². The normalized spacial score (nSPS) is 58.7. The molecule has 2 nitrogen and oxygen atoms in total. The fourth-order valence-corrected chi connectivity index (χ4v) is 5.59. The van der Waals surface area contributed by atoms with Crippen LogP contribution in [-0.4, -0.2) is 22.4 Å². The number of hydrogen-bond donors (Lipinski definition) is 2. The molecule has 92 valence electrons. The quantitative estimate of drug-likeness (QED) is 0.663. The molecule has 0 aromatic heterocycles. The molecule has 3 saturated carbocycles. The van der Waals surface area contributed by atoms with Gasteiger partial charge in [0.05, 0.1) is 12.2 Å². The summed E-state index contributed by atoms with van der Waals surface area (Å²) < 4.78 is 0. The molecular weight excluding hydrogens is 200 g/mol. The van der Waals surface area contributed by atoms with Gasteiger partial charge in [-0.3, -0.25) is 0 Å². The lowest BCUT2D eigenvalue weighted by Crippen LogP contribution is -2.67. The Labute approximate surface area is 98.1 Å². The van der Waals surface area contributed by atoms with Crippen LogP contribution in [0.25, 0.3) is 0 Å². The van der Waals surface area contributed by atoms with Gasteiger partial charge < -0.3 is 10.2 Å². The van der Waals surface area contributed by atoms with E-state index in [9.17, 15) is 10.2 Å². The van der Waals surface area contributed by atoms with Crippen LogP contribution in [0.15, 0.2) is 0 Å². The summed E-state index contributed by atoms with van der Waals surface area (Å²) >= 11 is 0. The Kier molecular flexibility index (Phi) is 1.96. The van der Waals surface area contributed by atoms with Crippen molar-refractivity contribution in [3.05, 3.63) is 0 Å². The van der Waals surface area contributed by atoms with Gasteiger partial charge >= 0.3 is 0 Å². The Morgan fingerprint density at radius 2 is 1.56 bits per heavy atom. The van der Waals surface area contributed by atoms with Crippen LogP contribution in [0.2, 0.25) is 0 Å². The summed E-state index contributed by atoms with van der Waals surface area (Å²) in [6.45, 7) is 6.86. The van der Waals surface area contributed by atoms with Gasteiger partial charge in [0.25, 0.3) is 0 Å². The van der Waals surface area contributed by atoms with Gasteiger partial charge in [-0.15, -0.1) is 0 Å². The van der Waals surface area contributed by atoms with Crippen LogP contribution in [0.4, 0.5) is 0 Å². The molecule has 0 aromatic rings. The zero-order chi connectivity index (χ0) is 11.8. The Morgan fingerprint density at radius 3 is 2.19 bits per heavy atom. The minimum absolute atomic E-state index is 0.0230. The first-order chi connectivity index (χ1) is 7.34. The Hall–Kier alpha value is -0.0800. The molecule has 3 fully saturated rings. The van der Waals surface area contributed by atoms with Crippen molar-refractivity contribution in [3.8, 4) is 0 Å². The zero-order valence-electron chi connectivity index (χ0n) is 10.7. The van der Waals surface area contributed by atoms with E-state index < -0.39 is 0 Å². The van der Waals surface area contributed by atoms with Gasteiger partial charge in [0.2, 0.25) is 0 Å². The van der Waals surface area contributed by atoms with Crippen molar-refractivity contribution in [3.63, 3.8) is 0 Å². The van der Waals surface area contributed by atoms with Gasteiger partial charge in [0, 0.05) is 10.8 Å². The van der Waals surface area contributed by atoms with E-state index in [0.29, 0.717) is 11.3 Å². The van der Waals surface area contributed by atoms with Crippen LogP contribution in [0.5, 0.6) is 0 Å². The fraction of sp³-hybridized carbons (Fsp3) is 1.00. The number of aliphatic hydroxyl groups is 2. The molecule has 0 radical (unpaired) electrons. The highest BCUT2D eigenvalue weighted by molar-refractivity contribution is 5.23. The SMILES string of the molecule is CC1(C)C[C@@]23[C@@H](O)CC[C@H](O)[C@]2(C)CC[C@@H]13. The number of hydrogen-bond acceptors (Lipinski definition) is 2. The van der Waals surface area contributed by atoms with Crippen molar-refractivity contribution < 1.29 is 10.2 Å². The molecule has 5 atom stereocenters. The van der Waals surface area contributed by atoms with E-state index in [0.717, 1.165) is 25.7 Å². The summed E-state index contributed by atoms with van der Waals surface area (Å²) in [5.74, 6) is 0.620. The molecule has 3 aliphatic rings. The highest BCUT2D eigenvalue weighted by Gasteiger charge is 2.74. The van der Waals surface area contributed by atoms with E-state index in [1.807, 2.05) is 0 Å². The summed E-state index contributed by atoms with van der Waals surface area (Å²) in [6.07, 6.45) is 4.59. The zero-order valence-corrected chi connectivity index (χ0v) is 10.7. The second kappa shape index (κ2) is 2.84. The Morgan fingerprint density at radius 1 is 0.938 bits per heavy atom. The first-order valence-electron chi connectivity index (χ1n) is 6.71. The van der Waals surface area contributed by atoms with Crippen LogP contribution in [0.1, 0.15) is 52.9 Å². The van der Waals surface area contributed by atoms with E-state index in [-0.39, 0.29) is 23.0 Å². The standard InChI is InChI=1S/C14H24O2/c1-12(2)8-14-9(12)6-7-13(14,3)10(15)4-5-11(14)16/h9-11,15-16H,4-8H2,1-3H3/t9-,10-,11-,13-,14+/m0/s1. The van der Waals surface area contributed by atoms with Crippen molar-refractivity contribution in [2.45, 2.75) is 65.1 Å². The van der Waals surface area contributed by atoms with Crippen molar-refractivity contribution in [2.75, 3.05) is 0 Å². The molecule has 0 heterocycles. The molecule has 0 bridgehead atoms. The minimum atomic E-state index is -0.197. The van der Waals surface area contributed by atoms with Crippen LogP contribution in [0.3, 0.4) is 0 Å². The summed E-state index contributed by atoms with van der Waals surface area (Å²) in [6, 6.07) is 0. The van der Waals surface area contributed by atoms with Crippen molar-refractivity contribution >= 4 is 0 Å². The molecule has 3 rings (SSSR count). The summed E-state index contributed by atoms with van der Waals surface area (Å²) in [7, 11) is 0. The van der Waals surface area contributed by atoms with Gasteiger partial charge in [0.15, 0.2) is 0 Å². The predicted octanol–water partition coefficient (Wildman–Crippen LogP) is 2.33. The largest absolute Gasteiger partial charge is 0.393 e. The summed E-state index contributed by atoms with van der Waals surface area (Å²) in [5, 5.41) is 20.8. The minimum Gasteiger partial charge on any atom is -0.393 e. The molecule has 1 spiro atoms. The predicted molar refractivity (Wildman–Crippen MR) is 62.9 cm³/mol. The third-order valence-electron chi connectivity index (χ3n) is 6.37. The van der Waals surface area contributed by atoms with Crippen molar-refractivity contribution in [1.82, 2.24) is 0 Å². The van der Waals surface area contributed by atoms with Crippen molar-refractivity contribution in [2.24, 2.45) is 22.2 Å². The third-order valence-corrected chi connectivity index (χ3v) is 6.37. The van der Waals surface area contributed by atoms with E-state index in [4.69, 9.17) is 0 Å². The second-order valence-electron chi connectivity index (χ2n) is 7.32. The van der Waals surface area contributed by atoms with Crippen LogP contribution >= 0.6 is 0 Å². The number of aliphatic hydroxyl groups excluding tert-OH is 2. The van der Waals surface area contributed by atoms with E-state index in [1.165, 1.54) is 6.42 Å². The molecule has 0 saturated heterocycles. The lowest BCUT2D eigenvalue weighted by Gasteiger charge is -2.67. The van der Waals surface area contributed by atoms with Gasteiger partial charge in [-0.2, -0.15) is 0 Å². The molecule has 2 heteroatoms. The van der Waals surface area contributed by atoms with Gasteiger partial charge in [-0.05, 0) is 43.4 Å². The molecule has 16 heavy (non-hydrogen) atoms. The smallest absolute Gasteiger partial charge is 0.0606 e.